The molecule has 2 heterocycles. The third-order valence-electron chi connectivity index (χ3n) is 2.70. The molecule has 7 heteroatoms. The van der Waals surface area contributed by atoms with Gasteiger partial charge in [0.25, 0.3) is 0 Å². The van der Waals surface area contributed by atoms with Crippen molar-refractivity contribution < 1.29 is 9.53 Å². The Balaban J connectivity index is 2.19. The lowest BCUT2D eigenvalue weighted by molar-refractivity contribution is 0.0521. The van der Waals surface area contributed by atoms with Crippen LogP contribution in [0.25, 0.3) is 0 Å². The molecule has 0 aliphatic carbocycles. The zero-order valence-electron chi connectivity index (χ0n) is 10.7. The molecule has 100 valence electrons. The van der Waals surface area contributed by atoms with Crippen LogP contribution >= 0.6 is 11.3 Å². The Labute approximate surface area is 110 Å². The minimum atomic E-state index is -0.362. The van der Waals surface area contributed by atoms with Crippen molar-refractivity contribution in [3.8, 4) is 0 Å². The van der Waals surface area contributed by atoms with Crippen LogP contribution in [0.5, 0.6) is 0 Å². The number of ether oxygens (including phenoxy) is 1. The molecule has 0 unspecified atom stereocenters. The summed E-state index contributed by atoms with van der Waals surface area (Å²) in [4.78, 5) is 18.4. The molecular weight excluding hydrogens is 252 g/mol. The second kappa shape index (κ2) is 6.01. The normalized spacial score (nSPS) is 15.6. The van der Waals surface area contributed by atoms with Gasteiger partial charge in [0.05, 0.1) is 6.61 Å². The van der Waals surface area contributed by atoms with E-state index in [0.29, 0.717) is 12.3 Å². The topological polar surface area (TPSA) is 66.5 Å². The molecule has 1 saturated heterocycles. The molecule has 0 amide bonds. The number of rotatable bonds is 4. The third kappa shape index (κ3) is 2.73. The van der Waals surface area contributed by atoms with E-state index in [4.69, 9.17) is 4.74 Å². The zero-order chi connectivity index (χ0) is 13.0. The van der Waals surface area contributed by atoms with E-state index in [1.807, 2.05) is 0 Å². The van der Waals surface area contributed by atoms with Gasteiger partial charge >= 0.3 is 5.97 Å². The van der Waals surface area contributed by atoms with Gasteiger partial charge in [-0.3, -0.25) is 0 Å². The molecule has 1 aliphatic rings. The van der Waals surface area contributed by atoms with E-state index in [-0.39, 0.29) is 5.97 Å². The fourth-order valence-electron chi connectivity index (χ4n) is 1.81. The van der Waals surface area contributed by atoms with Crippen LogP contribution < -0.4 is 15.5 Å². The first kappa shape index (κ1) is 13.1. The van der Waals surface area contributed by atoms with Crippen molar-refractivity contribution >= 4 is 27.4 Å². The van der Waals surface area contributed by atoms with Gasteiger partial charge in [-0.25, -0.2) is 9.78 Å². The van der Waals surface area contributed by atoms with Gasteiger partial charge in [0, 0.05) is 33.2 Å². The Kier molecular flexibility index (Phi) is 4.38. The van der Waals surface area contributed by atoms with Gasteiger partial charge in [-0.2, -0.15) is 0 Å². The van der Waals surface area contributed by atoms with E-state index in [1.54, 1.807) is 14.0 Å². The van der Waals surface area contributed by atoms with E-state index >= 15 is 0 Å². The van der Waals surface area contributed by atoms with Gasteiger partial charge in [0.15, 0.2) is 10.8 Å². The fraction of sp³-hybridized carbons (Fsp3) is 0.636. The van der Waals surface area contributed by atoms with Crippen molar-refractivity contribution in [3.63, 3.8) is 0 Å². The van der Waals surface area contributed by atoms with Gasteiger partial charge in [-0.1, -0.05) is 11.3 Å². The van der Waals surface area contributed by atoms with Crippen molar-refractivity contribution in [2.75, 3.05) is 50.1 Å². The maximum absolute atomic E-state index is 11.8. The number of aromatic nitrogens is 1. The molecule has 1 aromatic heterocycles. The maximum Gasteiger partial charge on any atom is 0.360 e. The minimum Gasteiger partial charge on any atom is -0.461 e. The lowest BCUT2D eigenvalue weighted by atomic mass is 10.4. The summed E-state index contributed by atoms with van der Waals surface area (Å²) < 4.78 is 5.01. The smallest absolute Gasteiger partial charge is 0.360 e. The Morgan fingerprint density at radius 3 is 2.89 bits per heavy atom. The molecule has 0 atom stereocenters. The van der Waals surface area contributed by atoms with Crippen LogP contribution in [0.2, 0.25) is 0 Å². The summed E-state index contributed by atoms with van der Waals surface area (Å²) in [6.07, 6.45) is 0. The summed E-state index contributed by atoms with van der Waals surface area (Å²) in [6.45, 7) is 5.88. The van der Waals surface area contributed by atoms with Crippen LogP contribution in [-0.4, -0.2) is 50.8 Å². The minimum absolute atomic E-state index is 0.362. The Hall–Kier alpha value is -1.34. The Morgan fingerprint density at radius 1 is 1.56 bits per heavy atom. The molecule has 0 spiro atoms. The summed E-state index contributed by atoms with van der Waals surface area (Å²) in [5.74, 6) is -0.362. The summed E-state index contributed by atoms with van der Waals surface area (Å²) >= 11 is 1.50. The number of thiazole rings is 1. The van der Waals surface area contributed by atoms with E-state index in [1.165, 1.54) is 11.3 Å². The lowest BCUT2D eigenvalue weighted by Gasteiger charge is -2.26. The largest absolute Gasteiger partial charge is 0.461 e. The summed E-state index contributed by atoms with van der Waals surface area (Å²) in [5.41, 5.74) is 0.387. The van der Waals surface area contributed by atoms with Crippen molar-refractivity contribution in [2.24, 2.45) is 0 Å². The fourth-order valence-corrected chi connectivity index (χ4v) is 2.77. The Morgan fingerprint density at radius 2 is 2.28 bits per heavy atom. The summed E-state index contributed by atoms with van der Waals surface area (Å²) in [7, 11) is 1.79. The number of nitrogens with one attached hydrogen (secondary N) is 2. The standard InChI is InChI=1S/C11H18N4O2S/c1-3-17-10(16)8-9(12-2)18-11(14-8)15-6-4-13-5-7-15/h12-13H,3-7H2,1-2H3. The van der Waals surface area contributed by atoms with Crippen LogP contribution in [0.3, 0.4) is 0 Å². The van der Waals surface area contributed by atoms with Gasteiger partial charge in [0.1, 0.15) is 5.00 Å². The number of anilines is 2. The second-order valence-corrected chi connectivity index (χ2v) is 4.86. The average molecular weight is 270 g/mol. The molecule has 2 rings (SSSR count). The number of hydrogen-bond acceptors (Lipinski definition) is 7. The van der Waals surface area contributed by atoms with Crippen molar-refractivity contribution in [1.29, 1.82) is 0 Å². The predicted molar refractivity (Wildman–Crippen MR) is 72.7 cm³/mol. The number of nitrogens with zero attached hydrogens (tertiary/aromatic N) is 2. The number of hydrogen-bond donors (Lipinski definition) is 2. The molecule has 0 saturated carbocycles. The third-order valence-corrected chi connectivity index (χ3v) is 3.83. The van der Waals surface area contributed by atoms with Crippen molar-refractivity contribution in [2.45, 2.75) is 6.92 Å². The SMILES string of the molecule is CCOC(=O)c1nc(N2CCNCC2)sc1NC. The molecule has 0 aromatic carbocycles. The summed E-state index contributed by atoms with van der Waals surface area (Å²) in [6, 6.07) is 0. The average Bonchev–Trinajstić information content (AvgIpc) is 2.84. The first-order valence-corrected chi connectivity index (χ1v) is 6.89. The van der Waals surface area contributed by atoms with Crippen LogP contribution in [-0.2, 0) is 4.74 Å². The Bertz CT molecular complexity index is 415. The highest BCUT2D eigenvalue weighted by atomic mass is 32.1. The maximum atomic E-state index is 11.8. The quantitative estimate of drug-likeness (QED) is 0.788. The predicted octanol–water partition coefficient (Wildman–Crippen LogP) is 0.771. The van der Waals surface area contributed by atoms with Gasteiger partial charge < -0.3 is 20.3 Å². The molecule has 1 aliphatic heterocycles. The zero-order valence-corrected chi connectivity index (χ0v) is 11.5. The number of esters is 1. The van der Waals surface area contributed by atoms with E-state index in [0.717, 1.165) is 36.3 Å². The van der Waals surface area contributed by atoms with Crippen LogP contribution in [0.1, 0.15) is 17.4 Å². The number of carbonyl (C=O) groups excluding carboxylic acids is 1. The highest BCUT2D eigenvalue weighted by Gasteiger charge is 2.22. The molecule has 18 heavy (non-hydrogen) atoms. The molecule has 6 nitrogen and oxygen atoms in total. The van der Waals surface area contributed by atoms with Gasteiger partial charge in [-0.15, -0.1) is 0 Å². The summed E-state index contributed by atoms with van der Waals surface area (Å²) in [5, 5.41) is 7.94. The molecule has 1 aromatic rings. The monoisotopic (exact) mass is 270 g/mol. The molecule has 0 bridgehead atoms. The first-order chi connectivity index (χ1) is 8.76. The molecule has 2 N–H and O–H groups in total. The molecule has 1 fully saturated rings. The first-order valence-electron chi connectivity index (χ1n) is 6.07. The number of carbonyl (C=O) groups is 1. The van der Waals surface area contributed by atoms with Crippen LogP contribution in [0, 0.1) is 0 Å². The van der Waals surface area contributed by atoms with E-state index in [9.17, 15) is 4.79 Å². The van der Waals surface area contributed by atoms with E-state index < -0.39 is 0 Å². The highest BCUT2D eigenvalue weighted by molar-refractivity contribution is 7.19. The molecule has 0 radical (unpaired) electrons. The molecular formula is C11H18N4O2S. The van der Waals surface area contributed by atoms with Gasteiger partial charge in [-0.05, 0) is 6.92 Å². The van der Waals surface area contributed by atoms with Crippen LogP contribution in [0.4, 0.5) is 10.1 Å². The van der Waals surface area contributed by atoms with Gasteiger partial charge in [0.2, 0.25) is 0 Å². The van der Waals surface area contributed by atoms with Crippen molar-refractivity contribution in [1.82, 2.24) is 10.3 Å². The van der Waals surface area contributed by atoms with E-state index in [2.05, 4.69) is 20.5 Å². The van der Waals surface area contributed by atoms with Crippen molar-refractivity contribution in [3.05, 3.63) is 5.69 Å². The number of piperazine rings is 1. The van der Waals surface area contributed by atoms with Crippen LogP contribution in [0.15, 0.2) is 0 Å². The lowest BCUT2D eigenvalue weighted by Crippen LogP contribution is -2.43. The second-order valence-electron chi connectivity index (χ2n) is 3.88. The highest BCUT2D eigenvalue weighted by Crippen LogP contribution is 2.31.